The van der Waals surface area contributed by atoms with Crippen molar-refractivity contribution in [3.05, 3.63) is 70.5 Å². The molecule has 10 heteroatoms. The molecule has 2 heterocycles. The molecule has 176 valence electrons. The number of hydrogen-bond donors (Lipinski definition) is 2. The number of aromatic nitrogens is 2. The van der Waals surface area contributed by atoms with Crippen molar-refractivity contribution in [2.24, 2.45) is 0 Å². The molecule has 2 aromatic carbocycles. The van der Waals surface area contributed by atoms with Crippen molar-refractivity contribution in [2.75, 3.05) is 22.6 Å². The van der Waals surface area contributed by atoms with Crippen molar-refractivity contribution < 1.29 is 19.5 Å². The molecule has 0 bridgehead atoms. The van der Waals surface area contributed by atoms with E-state index in [4.69, 9.17) is 23.2 Å². The summed E-state index contributed by atoms with van der Waals surface area (Å²) in [6, 6.07) is 13.6. The number of hydrogen-bond acceptors (Lipinski definition) is 4. The molecule has 0 spiro atoms. The Morgan fingerprint density at radius 1 is 1.03 bits per heavy atom. The van der Waals surface area contributed by atoms with Crippen molar-refractivity contribution in [2.45, 2.75) is 25.7 Å². The van der Waals surface area contributed by atoms with Gasteiger partial charge in [0.05, 0.1) is 5.69 Å². The summed E-state index contributed by atoms with van der Waals surface area (Å²) in [5.74, 6) is -1.10. The number of nitrogens with one attached hydrogen (secondary N) is 1. The van der Waals surface area contributed by atoms with E-state index in [1.54, 1.807) is 53.4 Å². The highest BCUT2D eigenvalue weighted by Gasteiger charge is 2.35. The summed E-state index contributed by atoms with van der Waals surface area (Å²) < 4.78 is 1.36. The lowest BCUT2D eigenvalue weighted by atomic mass is 10.0. The van der Waals surface area contributed by atoms with Gasteiger partial charge in [0.1, 0.15) is 5.69 Å². The fourth-order valence-corrected chi connectivity index (χ4v) is 4.19. The van der Waals surface area contributed by atoms with Gasteiger partial charge in [-0.05, 0) is 67.8 Å². The Morgan fingerprint density at radius 2 is 1.71 bits per heavy atom. The second-order valence-corrected chi connectivity index (χ2v) is 8.63. The molecule has 1 aliphatic rings. The molecule has 0 atom stereocenters. The van der Waals surface area contributed by atoms with Crippen molar-refractivity contribution in [1.82, 2.24) is 9.78 Å². The van der Waals surface area contributed by atoms with Crippen LogP contribution >= 0.6 is 23.2 Å². The Hall–Kier alpha value is -3.36. The van der Waals surface area contributed by atoms with Crippen LogP contribution in [0, 0.1) is 0 Å². The average Bonchev–Trinajstić information content (AvgIpc) is 3.22. The third kappa shape index (κ3) is 4.93. The van der Waals surface area contributed by atoms with Crippen LogP contribution in [-0.4, -0.2) is 45.1 Å². The number of carbonyl (C=O) groups is 3. The lowest BCUT2D eigenvalue weighted by molar-refractivity contribution is -0.116. The standard InChI is InChI=1S/C24H22Cl2N4O4/c25-13-2-1-3-20(31)27-16-6-10-17(11-7-16)29-14-12-19-21(24(33)34)28-30(22(19)23(29)32)18-8-4-15(26)5-9-18/h4-11H,1-3,12-14H2,(H,27,31)(H,33,34). The van der Waals surface area contributed by atoms with Gasteiger partial charge in [-0.2, -0.15) is 5.10 Å². The summed E-state index contributed by atoms with van der Waals surface area (Å²) in [5.41, 5.74) is 2.29. The number of carboxylic acid groups (broad SMARTS) is 1. The Kier molecular flexibility index (Phi) is 7.19. The van der Waals surface area contributed by atoms with E-state index in [-0.39, 0.29) is 23.2 Å². The van der Waals surface area contributed by atoms with E-state index in [9.17, 15) is 19.5 Å². The molecule has 0 fully saturated rings. The molecule has 2 N–H and O–H groups in total. The van der Waals surface area contributed by atoms with Crippen molar-refractivity contribution in [3.8, 4) is 5.69 Å². The van der Waals surface area contributed by atoms with Gasteiger partial charge in [-0.25, -0.2) is 9.48 Å². The number of nitrogens with zero attached hydrogens (tertiary/aromatic N) is 3. The van der Waals surface area contributed by atoms with E-state index in [0.29, 0.717) is 52.9 Å². The number of halogens is 2. The maximum absolute atomic E-state index is 13.5. The molecule has 0 radical (unpaired) electrons. The second kappa shape index (κ2) is 10.3. The van der Waals surface area contributed by atoms with Crippen LogP contribution in [0.1, 0.15) is 45.8 Å². The molecule has 3 aromatic rings. The Bertz CT molecular complexity index is 1220. The largest absolute Gasteiger partial charge is 0.476 e. The third-order valence-corrected chi connectivity index (χ3v) is 6.06. The van der Waals surface area contributed by atoms with Crippen LogP contribution in [0.25, 0.3) is 5.69 Å². The molecule has 1 aromatic heterocycles. The minimum Gasteiger partial charge on any atom is -0.476 e. The summed E-state index contributed by atoms with van der Waals surface area (Å²) in [5, 5.41) is 17.2. The number of unbranched alkanes of at least 4 members (excludes halogenated alkanes) is 1. The summed E-state index contributed by atoms with van der Waals surface area (Å²) in [6.45, 7) is 0.308. The van der Waals surface area contributed by atoms with Crippen LogP contribution < -0.4 is 10.2 Å². The minimum atomic E-state index is -1.18. The minimum absolute atomic E-state index is 0.0929. The van der Waals surface area contributed by atoms with Gasteiger partial charge in [-0.15, -0.1) is 11.6 Å². The maximum atomic E-state index is 13.5. The number of alkyl halides is 1. The molecule has 1 aliphatic heterocycles. The molecule has 0 unspecified atom stereocenters. The van der Waals surface area contributed by atoms with E-state index in [0.717, 1.165) is 12.8 Å². The molecule has 0 saturated heterocycles. The summed E-state index contributed by atoms with van der Waals surface area (Å²) in [7, 11) is 0. The van der Waals surface area contributed by atoms with Crippen LogP contribution in [0.2, 0.25) is 5.02 Å². The smallest absolute Gasteiger partial charge is 0.356 e. The summed E-state index contributed by atoms with van der Waals surface area (Å²) in [6.07, 6.45) is 2.23. The number of benzene rings is 2. The predicted octanol–water partition coefficient (Wildman–Crippen LogP) is 4.77. The number of anilines is 2. The zero-order valence-corrected chi connectivity index (χ0v) is 19.6. The van der Waals surface area contributed by atoms with Gasteiger partial charge in [0, 0.05) is 40.8 Å². The average molecular weight is 501 g/mol. The van der Waals surface area contributed by atoms with Crippen LogP contribution in [0.15, 0.2) is 48.5 Å². The Balaban J connectivity index is 1.59. The van der Waals surface area contributed by atoms with Crippen molar-refractivity contribution in [3.63, 3.8) is 0 Å². The molecular formula is C24H22Cl2N4O4. The zero-order valence-electron chi connectivity index (χ0n) is 18.1. The zero-order chi connectivity index (χ0) is 24.2. The number of fused-ring (bicyclic) bond motifs is 1. The highest BCUT2D eigenvalue weighted by atomic mass is 35.5. The number of rotatable bonds is 8. The fraction of sp³-hybridized carbons (Fsp3) is 0.250. The fourth-order valence-electron chi connectivity index (χ4n) is 3.88. The highest BCUT2D eigenvalue weighted by molar-refractivity contribution is 6.30. The first kappa shape index (κ1) is 23.8. The number of amides is 2. The monoisotopic (exact) mass is 500 g/mol. The first-order valence-electron chi connectivity index (χ1n) is 10.8. The van der Waals surface area contributed by atoms with Gasteiger partial charge in [0.15, 0.2) is 5.69 Å². The highest BCUT2D eigenvalue weighted by Crippen LogP contribution is 2.30. The normalized spacial score (nSPS) is 13.0. The van der Waals surface area contributed by atoms with Gasteiger partial charge >= 0.3 is 5.97 Å². The van der Waals surface area contributed by atoms with Gasteiger partial charge in [0.25, 0.3) is 5.91 Å². The second-order valence-electron chi connectivity index (χ2n) is 7.82. The van der Waals surface area contributed by atoms with Crippen LogP contribution in [-0.2, 0) is 11.2 Å². The van der Waals surface area contributed by atoms with Crippen LogP contribution in [0.3, 0.4) is 0 Å². The van der Waals surface area contributed by atoms with Crippen LogP contribution in [0.4, 0.5) is 11.4 Å². The van der Waals surface area contributed by atoms with Gasteiger partial charge in [-0.1, -0.05) is 11.6 Å². The van der Waals surface area contributed by atoms with Crippen LogP contribution in [0.5, 0.6) is 0 Å². The van der Waals surface area contributed by atoms with E-state index >= 15 is 0 Å². The lowest BCUT2D eigenvalue weighted by Crippen LogP contribution is -2.39. The third-order valence-electron chi connectivity index (χ3n) is 5.54. The SMILES string of the molecule is O=C(CCCCCl)Nc1ccc(N2CCc3c(C(=O)O)nn(-c4ccc(Cl)cc4)c3C2=O)cc1. The molecule has 8 nitrogen and oxygen atoms in total. The Labute approximate surface area is 206 Å². The molecule has 2 amide bonds. The topological polar surface area (TPSA) is 105 Å². The molecular weight excluding hydrogens is 479 g/mol. The number of aromatic carboxylic acids is 1. The predicted molar refractivity (Wildman–Crippen MR) is 131 cm³/mol. The Morgan fingerprint density at radius 3 is 2.35 bits per heavy atom. The first-order valence-corrected chi connectivity index (χ1v) is 11.7. The molecule has 34 heavy (non-hydrogen) atoms. The first-order chi connectivity index (χ1) is 16.4. The molecule has 0 aliphatic carbocycles. The summed E-state index contributed by atoms with van der Waals surface area (Å²) >= 11 is 11.6. The van der Waals surface area contributed by atoms with E-state index in [1.165, 1.54) is 4.68 Å². The quantitative estimate of drug-likeness (QED) is 0.342. The van der Waals surface area contributed by atoms with Crippen molar-refractivity contribution in [1.29, 1.82) is 0 Å². The van der Waals surface area contributed by atoms with E-state index < -0.39 is 5.97 Å². The van der Waals surface area contributed by atoms with Gasteiger partial charge in [-0.3, -0.25) is 9.59 Å². The molecule has 4 rings (SSSR count). The van der Waals surface area contributed by atoms with E-state index in [2.05, 4.69) is 10.4 Å². The summed E-state index contributed by atoms with van der Waals surface area (Å²) in [4.78, 5) is 38.9. The number of carboxylic acids is 1. The number of carbonyl (C=O) groups excluding carboxylic acids is 2. The maximum Gasteiger partial charge on any atom is 0.356 e. The molecule has 0 saturated carbocycles. The van der Waals surface area contributed by atoms with Crippen molar-refractivity contribution >= 4 is 52.4 Å². The van der Waals surface area contributed by atoms with Gasteiger partial charge in [0.2, 0.25) is 5.91 Å². The lowest BCUT2D eigenvalue weighted by Gasteiger charge is -2.28. The van der Waals surface area contributed by atoms with Gasteiger partial charge < -0.3 is 15.3 Å². The van der Waals surface area contributed by atoms with E-state index in [1.807, 2.05) is 0 Å².